The van der Waals surface area contributed by atoms with Crippen LogP contribution >= 0.6 is 11.8 Å². The number of hydrogen-bond donors (Lipinski definition) is 0. The molecule has 0 bridgehead atoms. The fourth-order valence-electron chi connectivity index (χ4n) is 1.89. The molecule has 2 heterocycles. The highest BCUT2D eigenvalue weighted by atomic mass is 32.2. The Hall–Kier alpha value is -2.09. The number of ether oxygens (including phenoxy) is 1. The van der Waals surface area contributed by atoms with Gasteiger partial charge in [-0.1, -0.05) is 17.8 Å². The third-order valence-corrected chi connectivity index (χ3v) is 3.27. The summed E-state index contributed by atoms with van der Waals surface area (Å²) < 4.78 is 7.75. The summed E-state index contributed by atoms with van der Waals surface area (Å²) in [4.78, 5) is 33.2. The smallest absolute Gasteiger partial charge is 0.435 e. The van der Waals surface area contributed by atoms with Crippen molar-refractivity contribution in [2.75, 3.05) is 6.26 Å². The molecule has 0 aromatic carbocycles. The van der Waals surface area contributed by atoms with Gasteiger partial charge in [-0.2, -0.15) is 4.68 Å². The summed E-state index contributed by atoms with van der Waals surface area (Å²) in [6.07, 6.45) is 4.12. The van der Waals surface area contributed by atoms with Gasteiger partial charge in [-0.05, 0) is 27.0 Å². The van der Waals surface area contributed by atoms with Gasteiger partial charge < -0.3 is 4.74 Å². The topological polar surface area (TPSA) is 79.0 Å². The fourth-order valence-corrected chi connectivity index (χ4v) is 2.22. The molecule has 8 heteroatoms. The zero-order chi connectivity index (χ0) is 16.5. The summed E-state index contributed by atoms with van der Waals surface area (Å²) in [6.45, 7) is 9.06. The van der Waals surface area contributed by atoms with Gasteiger partial charge in [0.15, 0.2) is 10.8 Å². The molecule has 0 unspecified atom stereocenters. The number of rotatable bonds is 3. The summed E-state index contributed by atoms with van der Waals surface area (Å²) in [7, 11) is 0. The highest BCUT2D eigenvalue weighted by molar-refractivity contribution is 7.98. The lowest BCUT2D eigenvalue weighted by atomic mass is 10.2. The van der Waals surface area contributed by atoms with Gasteiger partial charge >= 0.3 is 6.09 Å². The standard InChI is InChI=1S/C14H18N4O3S/c1-6-7-17-11(19)9-8-15-12(22-5)16-10(9)18(17)13(20)21-14(2,3)4/h6,8H,1,7H2,2-5H3. The summed E-state index contributed by atoms with van der Waals surface area (Å²) in [5.41, 5.74) is -0.799. The van der Waals surface area contributed by atoms with E-state index in [1.54, 1.807) is 20.8 Å². The second kappa shape index (κ2) is 5.96. The van der Waals surface area contributed by atoms with Gasteiger partial charge in [-0.15, -0.1) is 6.58 Å². The van der Waals surface area contributed by atoms with Crippen LogP contribution in [0.15, 0.2) is 28.8 Å². The molecule has 118 valence electrons. The lowest BCUT2D eigenvalue weighted by Gasteiger charge is -2.20. The molecular weight excluding hydrogens is 304 g/mol. The molecule has 0 saturated heterocycles. The molecule has 0 aliphatic rings. The van der Waals surface area contributed by atoms with Crippen molar-refractivity contribution in [3.8, 4) is 0 Å². The molecule has 2 aromatic heterocycles. The van der Waals surface area contributed by atoms with Crippen molar-refractivity contribution in [3.63, 3.8) is 0 Å². The second-order valence-electron chi connectivity index (χ2n) is 5.56. The SMILES string of the molecule is C=CCn1c(=O)c2cnc(SC)nc2n1C(=O)OC(C)(C)C. The van der Waals surface area contributed by atoms with Gasteiger partial charge in [0.25, 0.3) is 5.56 Å². The van der Waals surface area contributed by atoms with Crippen LogP contribution in [-0.4, -0.2) is 37.3 Å². The first-order valence-corrected chi connectivity index (χ1v) is 7.87. The minimum Gasteiger partial charge on any atom is -0.442 e. The number of allylic oxidation sites excluding steroid dienone is 1. The van der Waals surface area contributed by atoms with Crippen molar-refractivity contribution < 1.29 is 9.53 Å². The Bertz CT molecular complexity index is 786. The average Bonchev–Trinajstić information content (AvgIpc) is 2.70. The van der Waals surface area contributed by atoms with Crippen molar-refractivity contribution in [2.45, 2.75) is 38.1 Å². The van der Waals surface area contributed by atoms with Gasteiger partial charge in [-0.25, -0.2) is 19.4 Å². The molecule has 0 aliphatic carbocycles. The Morgan fingerprint density at radius 3 is 2.73 bits per heavy atom. The maximum atomic E-state index is 12.5. The monoisotopic (exact) mass is 322 g/mol. The Morgan fingerprint density at radius 1 is 1.50 bits per heavy atom. The van der Waals surface area contributed by atoms with E-state index in [1.807, 2.05) is 6.26 Å². The van der Waals surface area contributed by atoms with Crippen LogP contribution in [0.2, 0.25) is 0 Å². The number of carbonyl (C=O) groups is 1. The van der Waals surface area contributed by atoms with Crippen LogP contribution in [0.4, 0.5) is 4.79 Å². The molecule has 0 fully saturated rings. The third kappa shape index (κ3) is 3.06. The van der Waals surface area contributed by atoms with Crippen molar-refractivity contribution in [1.82, 2.24) is 19.3 Å². The Balaban J connectivity index is 2.72. The number of carbonyl (C=O) groups excluding carboxylic acids is 1. The second-order valence-corrected chi connectivity index (χ2v) is 6.34. The van der Waals surface area contributed by atoms with E-state index < -0.39 is 11.7 Å². The van der Waals surface area contributed by atoms with Crippen molar-refractivity contribution >= 4 is 28.9 Å². The van der Waals surface area contributed by atoms with E-state index in [1.165, 1.54) is 28.7 Å². The highest BCUT2D eigenvalue weighted by Gasteiger charge is 2.25. The molecular formula is C14H18N4O3S. The van der Waals surface area contributed by atoms with Crippen LogP contribution in [0.3, 0.4) is 0 Å². The number of fused-ring (bicyclic) bond motifs is 1. The molecule has 22 heavy (non-hydrogen) atoms. The molecule has 0 radical (unpaired) electrons. The minimum atomic E-state index is -0.682. The van der Waals surface area contributed by atoms with E-state index in [4.69, 9.17) is 4.74 Å². The van der Waals surface area contributed by atoms with Crippen molar-refractivity contribution in [2.24, 2.45) is 0 Å². The summed E-state index contributed by atoms with van der Waals surface area (Å²) in [5.74, 6) is 0. The zero-order valence-corrected chi connectivity index (χ0v) is 13.8. The first-order valence-electron chi connectivity index (χ1n) is 6.65. The quantitative estimate of drug-likeness (QED) is 0.490. The van der Waals surface area contributed by atoms with E-state index in [9.17, 15) is 9.59 Å². The number of hydrogen-bond acceptors (Lipinski definition) is 6. The van der Waals surface area contributed by atoms with E-state index in [2.05, 4.69) is 16.5 Å². The molecule has 0 spiro atoms. The van der Waals surface area contributed by atoms with Gasteiger partial charge in [0.1, 0.15) is 11.0 Å². The van der Waals surface area contributed by atoms with Crippen LogP contribution in [0, 0.1) is 0 Å². The summed E-state index contributed by atoms with van der Waals surface area (Å²) in [6, 6.07) is 0. The van der Waals surface area contributed by atoms with Gasteiger partial charge in [0, 0.05) is 6.20 Å². The number of nitrogens with zero attached hydrogens (tertiary/aromatic N) is 4. The number of thioether (sulfide) groups is 1. The maximum absolute atomic E-state index is 12.5. The van der Waals surface area contributed by atoms with Gasteiger partial charge in [0.2, 0.25) is 0 Å². The Kier molecular flexibility index (Phi) is 4.41. The third-order valence-electron chi connectivity index (χ3n) is 2.70. The average molecular weight is 322 g/mol. The van der Waals surface area contributed by atoms with Crippen LogP contribution in [-0.2, 0) is 11.3 Å². The van der Waals surface area contributed by atoms with Crippen LogP contribution in [0.1, 0.15) is 20.8 Å². The first-order chi connectivity index (χ1) is 10.3. The predicted octanol–water partition coefficient (Wildman–Crippen LogP) is 2.28. The molecule has 0 aliphatic heterocycles. The summed E-state index contributed by atoms with van der Waals surface area (Å²) >= 11 is 1.33. The van der Waals surface area contributed by atoms with Crippen molar-refractivity contribution in [3.05, 3.63) is 29.2 Å². The van der Waals surface area contributed by atoms with Gasteiger partial charge in [-0.3, -0.25) is 4.79 Å². The molecule has 7 nitrogen and oxygen atoms in total. The van der Waals surface area contributed by atoms with Crippen LogP contribution in [0.5, 0.6) is 0 Å². The van der Waals surface area contributed by atoms with Gasteiger partial charge in [0.05, 0.1) is 6.54 Å². The first kappa shape index (κ1) is 16.3. The lowest BCUT2D eigenvalue weighted by Crippen LogP contribution is -2.33. The van der Waals surface area contributed by atoms with E-state index in [-0.39, 0.29) is 23.1 Å². The Morgan fingerprint density at radius 2 is 2.18 bits per heavy atom. The fraction of sp³-hybridized carbons (Fsp3) is 0.429. The van der Waals surface area contributed by atoms with Crippen LogP contribution < -0.4 is 5.56 Å². The lowest BCUT2D eigenvalue weighted by molar-refractivity contribution is 0.0499. The zero-order valence-electron chi connectivity index (χ0n) is 13.0. The maximum Gasteiger partial charge on any atom is 0.435 e. The minimum absolute atomic E-state index is 0.170. The molecule has 2 rings (SSSR count). The normalized spacial score (nSPS) is 11.6. The van der Waals surface area contributed by atoms with E-state index >= 15 is 0 Å². The largest absolute Gasteiger partial charge is 0.442 e. The Labute approximate surface area is 132 Å². The number of aromatic nitrogens is 4. The van der Waals surface area contributed by atoms with Crippen molar-refractivity contribution in [1.29, 1.82) is 0 Å². The van der Waals surface area contributed by atoms with E-state index in [0.717, 1.165) is 4.68 Å². The molecule has 0 saturated carbocycles. The molecule has 0 amide bonds. The predicted molar refractivity (Wildman–Crippen MR) is 85.4 cm³/mol. The van der Waals surface area contributed by atoms with E-state index in [0.29, 0.717) is 5.16 Å². The molecule has 0 atom stereocenters. The van der Waals surface area contributed by atoms with Crippen LogP contribution in [0.25, 0.3) is 11.0 Å². The highest BCUT2D eigenvalue weighted by Crippen LogP contribution is 2.16. The molecule has 2 aromatic rings. The summed E-state index contributed by atoms with van der Waals surface area (Å²) in [5, 5.41) is 0.742. The molecule has 0 N–H and O–H groups in total.